The highest BCUT2D eigenvalue weighted by Crippen LogP contribution is 2.27. The summed E-state index contributed by atoms with van der Waals surface area (Å²) >= 11 is 1.47. The topological polar surface area (TPSA) is 117 Å². The quantitative estimate of drug-likeness (QED) is 0.611. The Balaban J connectivity index is 1.84. The normalized spacial score (nSPS) is 12.3. The molecular formula is C16H21N5O3S2. The number of fused-ring (bicyclic) bond motifs is 1. The molecule has 1 aromatic carbocycles. The van der Waals surface area contributed by atoms with E-state index >= 15 is 0 Å². The zero-order chi connectivity index (χ0) is 18.9. The smallest absolute Gasteiger partial charge is 0.238 e. The molecule has 3 aromatic rings. The van der Waals surface area contributed by atoms with Gasteiger partial charge in [-0.1, -0.05) is 30.8 Å². The van der Waals surface area contributed by atoms with Gasteiger partial charge in [0.05, 0.1) is 21.7 Å². The lowest BCUT2D eigenvalue weighted by Crippen LogP contribution is -2.11. The van der Waals surface area contributed by atoms with E-state index in [0.717, 1.165) is 17.1 Å². The summed E-state index contributed by atoms with van der Waals surface area (Å²) in [5.41, 5.74) is 1.44. The number of hydrogen-bond donors (Lipinski definition) is 1. The summed E-state index contributed by atoms with van der Waals surface area (Å²) in [5, 5.41) is 9.95. The van der Waals surface area contributed by atoms with Gasteiger partial charge in [0.25, 0.3) is 0 Å². The number of aromatic nitrogens is 4. The Morgan fingerprint density at radius 1 is 1.31 bits per heavy atom. The molecule has 140 valence electrons. The summed E-state index contributed by atoms with van der Waals surface area (Å²) in [4.78, 5) is 8.99. The molecule has 0 aliphatic rings. The first-order valence-electron chi connectivity index (χ1n) is 8.25. The van der Waals surface area contributed by atoms with Crippen LogP contribution in [0.3, 0.4) is 0 Å². The van der Waals surface area contributed by atoms with Crippen molar-refractivity contribution in [2.24, 2.45) is 11.1 Å². The molecule has 0 atom stereocenters. The molecule has 2 N–H and O–H groups in total. The predicted molar refractivity (Wildman–Crippen MR) is 99.2 cm³/mol. The maximum Gasteiger partial charge on any atom is 0.238 e. The second-order valence-corrected chi connectivity index (χ2v) is 8.83. The van der Waals surface area contributed by atoms with E-state index in [-0.39, 0.29) is 4.90 Å². The zero-order valence-corrected chi connectivity index (χ0v) is 16.5. The molecule has 0 saturated carbocycles. The minimum absolute atomic E-state index is 0.0533. The van der Waals surface area contributed by atoms with Crippen LogP contribution in [0.15, 0.2) is 32.8 Å². The van der Waals surface area contributed by atoms with Crippen molar-refractivity contribution in [2.75, 3.05) is 0 Å². The van der Waals surface area contributed by atoms with Gasteiger partial charge in [-0.3, -0.25) is 0 Å². The molecule has 3 rings (SSSR count). The molecule has 2 aromatic heterocycles. The van der Waals surface area contributed by atoms with E-state index in [9.17, 15) is 8.42 Å². The first-order valence-corrected chi connectivity index (χ1v) is 10.8. The second-order valence-electron chi connectivity index (χ2n) is 6.33. The molecule has 0 radical (unpaired) electrons. The first-order chi connectivity index (χ1) is 12.3. The number of thioether (sulfide) groups is 1. The molecule has 0 amide bonds. The molecule has 0 unspecified atom stereocenters. The molecule has 0 saturated heterocycles. The third-order valence-electron chi connectivity index (χ3n) is 3.76. The molecule has 10 heteroatoms. The molecule has 0 spiro atoms. The van der Waals surface area contributed by atoms with Crippen LogP contribution in [0, 0.1) is 5.92 Å². The first kappa shape index (κ1) is 18.9. The zero-order valence-electron chi connectivity index (χ0n) is 14.8. The van der Waals surface area contributed by atoms with E-state index in [1.54, 1.807) is 6.07 Å². The Kier molecular flexibility index (Phi) is 5.35. The van der Waals surface area contributed by atoms with Gasteiger partial charge in [-0.05, 0) is 31.0 Å². The van der Waals surface area contributed by atoms with Gasteiger partial charge < -0.3 is 9.09 Å². The van der Waals surface area contributed by atoms with Crippen molar-refractivity contribution < 1.29 is 12.9 Å². The van der Waals surface area contributed by atoms with E-state index in [0.29, 0.717) is 35.4 Å². The van der Waals surface area contributed by atoms with Crippen LogP contribution in [0.1, 0.15) is 32.5 Å². The van der Waals surface area contributed by atoms with E-state index in [4.69, 9.17) is 9.66 Å². The number of hydrogen-bond acceptors (Lipinski definition) is 7. The van der Waals surface area contributed by atoms with Crippen molar-refractivity contribution in [3.63, 3.8) is 0 Å². The number of nitrogens with zero attached hydrogens (tertiary/aromatic N) is 4. The Bertz CT molecular complexity index is 1020. The second kappa shape index (κ2) is 7.37. The van der Waals surface area contributed by atoms with Crippen molar-refractivity contribution in [2.45, 2.75) is 49.5 Å². The lowest BCUT2D eigenvalue weighted by Gasteiger charge is -2.04. The third kappa shape index (κ3) is 4.08. The summed E-state index contributed by atoms with van der Waals surface area (Å²) in [6.07, 6.45) is 0.776. The van der Waals surface area contributed by atoms with Crippen LogP contribution in [-0.4, -0.2) is 28.1 Å². The highest BCUT2D eigenvalue weighted by atomic mass is 32.2. The fraction of sp³-hybridized carbons (Fsp3) is 0.438. The Labute approximate surface area is 156 Å². The largest absolute Gasteiger partial charge is 0.338 e. The van der Waals surface area contributed by atoms with Gasteiger partial charge in [0.2, 0.25) is 15.9 Å². The van der Waals surface area contributed by atoms with Gasteiger partial charge in [0, 0.05) is 13.0 Å². The number of benzene rings is 1. The van der Waals surface area contributed by atoms with E-state index in [2.05, 4.69) is 29.0 Å². The molecular weight excluding hydrogens is 374 g/mol. The van der Waals surface area contributed by atoms with Crippen LogP contribution in [0.4, 0.5) is 0 Å². The fourth-order valence-corrected chi connectivity index (χ4v) is 4.05. The van der Waals surface area contributed by atoms with Gasteiger partial charge in [-0.25, -0.2) is 18.5 Å². The number of sulfonamides is 1. The summed E-state index contributed by atoms with van der Waals surface area (Å²) in [6, 6.07) is 4.72. The minimum atomic E-state index is -3.76. The van der Waals surface area contributed by atoms with E-state index in [1.807, 2.05) is 11.5 Å². The summed E-state index contributed by atoms with van der Waals surface area (Å²) in [7, 11) is -3.76. The molecule has 2 heterocycles. The summed E-state index contributed by atoms with van der Waals surface area (Å²) in [6.45, 7) is 6.91. The Morgan fingerprint density at radius 3 is 2.73 bits per heavy atom. The molecule has 26 heavy (non-hydrogen) atoms. The Hall–Kier alpha value is -1.91. The van der Waals surface area contributed by atoms with Crippen LogP contribution >= 0.6 is 11.8 Å². The standard InChI is InChI=1S/C16H21N5O3S2/c1-4-21-13-6-5-11(26(17,22)23)8-12(13)18-16(21)25-9-15-19-14(20-24-15)7-10(2)3/h5-6,8,10H,4,7,9H2,1-3H3,(H2,17,22,23). The maximum absolute atomic E-state index is 11.5. The number of aryl methyl sites for hydroxylation is 1. The predicted octanol–water partition coefficient (Wildman–Crippen LogP) is 2.58. The molecule has 0 bridgehead atoms. The molecule has 0 aliphatic heterocycles. The number of nitrogens with two attached hydrogens (primary N) is 1. The SMILES string of the molecule is CCn1c(SCc2nc(CC(C)C)no2)nc2cc(S(N)(=O)=O)ccc21. The molecule has 8 nitrogen and oxygen atoms in total. The fourth-order valence-electron chi connectivity index (χ4n) is 2.60. The number of rotatable bonds is 7. The number of imidazole rings is 1. The van der Waals surface area contributed by atoms with Gasteiger partial charge in [-0.2, -0.15) is 4.98 Å². The van der Waals surface area contributed by atoms with Crippen molar-refractivity contribution in [1.29, 1.82) is 0 Å². The summed E-state index contributed by atoms with van der Waals surface area (Å²) < 4.78 is 30.4. The Morgan fingerprint density at radius 2 is 2.08 bits per heavy atom. The van der Waals surface area contributed by atoms with Gasteiger partial charge in [-0.15, -0.1) is 0 Å². The van der Waals surface area contributed by atoms with Gasteiger partial charge in [0.1, 0.15) is 0 Å². The maximum atomic E-state index is 11.5. The van der Waals surface area contributed by atoms with Crippen molar-refractivity contribution in [1.82, 2.24) is 19.7 Å². The van der Waals surface area contributed by atoms with Gasteiger partial charge >= 0.3 is 0 Å². The summed E-state index contributed by atoms with van der Waals surface area (Å²) in [5.74, 6) is 2.21. The minimum Gasteiger partial charge on any atom is -0.338 e. The molecule has 0 fully saturated rings. The van der Waals surface area contributed by atoms with Crippen molar-refractivity contribution in [3.05, 3.63) is 29.9 Å². The van der Waals surface area contributed by atoms with Crippen LogP contribution in [0.5, 0.6) is 0 Å². The highest BCUT2D eigenvalue weighted by Gasteiger charge is 2.16. The van der Waals surface area contributed by atoms with Crippen molar-refractivity contribution >= 4 is 32.8 Å². The van der Waals surface area contributed by atoms with Crippen LogP contribution in [-0.2, 0) is 28.7 Å². The average Bonchev–Trinajstić information content (AvgIpc) is 3.14. The lowest BCUT2D eigenvalue weighted by molar-refractivity contribution is 0.382. The van der Waals surface area contributed by atoms with Crippen LogP contribution in [0.25, 0.3) is 11.0 Å². The van der Waals surface area contributed by atoms with E-state index < -0.39 is 10.0 Å². The number of primary sulfonamides is 1. The van der Waals surface area contributed by atoms with E-state index in [1.165, 1.54) is 23.9 Å². The van der Waals surface area contributed by atoms with Crippen LogP contribution in [0.2, 0.25) is 0 Å². The average molecular weight is 396 g/mol. The van der Waals surface area contributed by atoms with Crippen LogP contribution < -0.4 is 5.14 Å². The van der Waals surface area contributed by atoms with Crippen molar-refractivity contribution in [3.8, 4) is 0 Å². The monoisotopic (exact) mass is 395 g/mol. The lowest BCUT2D eigenvalue weighted by atomic mass is 10.1. The third-order valence-corrected chi connectivity index (χ3v) is 5.63. The van der Waals surface area contributed by atoms with Gasteiger partial charge in [0.15, 0.2) is 11.0 Å². The highest BCUT2D eigenvalue weighted by molar-refractivity contribution is 7.98. The molecule has 0 aliphatic carbocycles.